The molecule has 2 amide bonds. The highest BCUT2D eigenvalue weighted by molar-refractivity contribution is 7.90. The maximum Gasteiger partial charge on any atom is 0.329 e. The van der Waals surface area contributed by atoms with E-state index in [0.29, 0.717) is 11.5 Å². The first-order valence-electron chi connectivity index (χ1n) is 21.2. The van der Waals surface area contributed by atoms with E-state index in [-0.39, 0.29) is 87.9 Å². The van der Waals surface area contributed by atoms with Gasteiger partial charge in [0.25, 0.3) is 5.91 Å². The smallest absolute Gasteiger partial charge is 0.329 e. The zero-order chi connectivity index (χ0) is 44.7. The number of hydrogen-bond acceptors (Lipinski definition) is 13. The fourth-order valence-corrected chi connectivity index (χ4v) is 7.19. The van der Waals surface area contributed by atoms with Crippen LogP contribution >= 0.6 is 0 Å². The number of hydrogen-bond donors (Lipinski definition) is 4. The van der Waals surface area contributed by atoms with E-state index in [9.17, 15) is 27.6 Å². The molecule has 0 unspecified atom stereocenters. The lowest BCUT2D eigenvalue weighted by Gasteiger charge is -2.09. The normalized spacial score (nSPS) is 11.3. The van der Waals surface area contributed by atoms with Gasteiger partial charge in [0.05, 0.1) is 50.1 Å². The maximum absolute atomic E-state index is 13.1. The number of amides is 2. The van der Waals surface area contributed by atoms with Crippen molar-refractivity contribution < 1.29 is 61.5 Å². The molecule has 2 aromatic carbocycles. The number of aromatic nitrogens is 2. The monoisotopic (exact) mass is 886 g/mol. The first-order valence-corrected chi connectivity index (χ1v) is 22.9. The van der Waals surface area contributed by atoms with E-state index >= 15 is 0 Å². The Labute approximate surface area is 364 Å². The predicted octanol–water partition coefficient (Wildman–Crippen LogP) is 5.55. The summed E-state index contributed by atoms with van der Waals surface area (Å²) in [5.41, 5.74) is 1.40. The van der Waals surface area contributed by atoms with Crippen LogP contribution in [0.2, 0.25) is 0 Å². The first kappa shape index (κ1) is 51.3. The van der Waals surface area contributed by atoms with Gasteiger partial charge < -0.3 is 44.5 Å². The number of nitrogens with one attached hydrogen (secondary N) is 2. The topological polar surface area (TPSA) is 239 Å². The van der Waals surface area contributed by atoms with E-state index in [1.54, 1.807) is 12.1 Å². The number of aryl methyl sites for hydroxylation is 1. The molecule has 0 saturated carbocycles. The number of carbonyl (C=O) groups is 4. The van der Waals surface area contributed by atoms with Crippen molar-refractivity contribution >= 4 is 33.6 Å². The second-order valence-corrected chi connectivity index (χ2v) is 16.5. The van der Waals surface area contributed by atoms with Gasteiger partial charge in [-0.1, -0.05) is 69.9 Å². The second-order valence-electron chi connectivity index (χ2n) is 14.5. The van der Waals surface area contributed by atoms with Gasteiger partial charge in [-0.2, -0.15) is 0 Å². The van der Waals surface area contributed by atoms with Gasteiger partial charge >= 0.3 is 11.9 Å². The predicted molar refractivity (Wildman–Crippen MR) is 229 cm³/mol. The van der Waals surface area contributed by atoms with Crippen LogP contribution in [-0.4, -0.2) is 118 Å². The molecule has 0 saturated heterocycles. The van der Waals surface area contributed by atoms with E-state index in [0.717, 1.165) is 32.1 Å². The third kappa shape index (κ3) is 23.8. The summed E-state index contributed by atoms with van der Waals surface area (Å²) < 4.78 is 52.8. The number of ether oxygens (including phenoxy) is 5. The number of benzene rings is 2. The summed E-state index contributed by atoms with van der Waals surface area (Å²) in [5.74, 6) is -1.79. The molecule has 3 aromatic rings. The van der Waals surface area contributed by atoms with E-state index in [2.05, 4.69) is 32.7 Å². The highest BCUT2D eigenvalue weighted by Gasteiger charge is 2.18. The first-order chi connectivity index (χ1) is 30.0. The quantitative estimate of drug-likeness (QED) is 0.0524. The Balaban J connectivity index is 1.23. The number of unbranched alkanes of at least 4 members (excludes halogenated alkanes) is 10. The zero-order valence-electron chi connectivity index (χ0n) is 35.4. The summed E-state index contributed by atoms with van der Waals surface area (Å²) in [5, 5.41) is 22.4. The van der Waals surface area contributed by atoms with Gasteiger partial charge in [0.1, 0.15) is 36.3 Å². The Morgan fingerprint density at radius 1 is 0.565 bits per heavy atom. The van der Waals surface area contributed by atoms with E-state index in [1.165, 1.54) is 75.0 Å². The summed E-state index contributed by atoms with van der Waals surface area (Å²) in [6.07, 6.45) is 16.5. The fourth-order valence-electron chi connectivity index (χ4n) is 5.99. The standard InChI is InChI=1S/C44H62N4O13S/c49-41(45-22-24-57-27-29-60-33-43(52)53)32-59-28-26-58-25-23-46-44(54)36-30-47-40(48-31-36)34-62(55,56)39-20-18-38(19-21-39)61-37-16-14-35(15-17-37)12-10-8-6-4-2-1-3-5-7-9-11-13-42(50)51/h14-21,30-31H,1-13,22-29,32-34H2,(H,45,49)(H,46,54)(H,50,51)(H,52,53). The van der Waals surface area contributed by atoms with Crippen LogP contribution in [0.4, 0.5) is 0 Å². The molecule has 4 N–H and O–H groups in total. The number of carbonyl (C=O) groups excluding carboxylic acids is 2. The van der Waals surface area contributed by atoms with Gasteiger partial charge in [0.2, 0.25) is 5.91 Å². The maximum atomic E-state index is 13.1. The SMILES string of the molecule is O=C(O)CCCCCCCCCCCCCc1ccc(Oc2ccc(S(=O)(=O)Cc3ncc(C(=O)NCCOCCOCC(=O)NCCOCCOCC(=O)O)cn3)cc2)cc1. The van der Waals surface area contributed by atoms with Gasteiger partial charge in [0.15, 0.2) is 9.84 Å². The third-order valence-corrected chi connectivity index (χ3v) is 10.9. The summed E-state index contributed by atoms with van der Waals surface area (Å²) in [6, 6.07) is 14.1. The molecule has 18 heteroatoms. The Kier molecular flexibility index (Phi) is 25.6. The summed E-state index contributed by atoms with van der Waals surface area (Å²) in [7, 11) is -3.78. The highest BCUT2D eigenvalue weighted by atomic mass is 32.2. The molecule has 1 aromatic heterocycles. The van der Waals surface area contributed by atoms with Crippen LogP contribution in [0.1, 0.15) is 98.8 Å². The van der Waals surface area contributed by atoms with Crippen molar-refractivity contribution in [2.45, 2.75) is 94.1 Å². The molecule has 62 heavy (non-hydrogen) atoms. The highest BCUT2D eigenvalue weighted by Crippen LogP contribution is 2.25. The van der Waals surface area contributed by atoms with Crippen LogP contribution < -0.4 is 15.4 Å². The van der Waals surface area contributed by atoms with E-state index < -0.39 is 40.0 Å². The second kappa shape index (κ2) is 30.9. The molecule has 0 radical (unpaired) electrons. The van der Waals surface area contributed by atoms with Crippen LogP contribution in [0.15, 0.2) is 65.8 Å². The van der Waals surface area contributed by atoms with Crippen molar-refractivity contribution in [2.24, 2.45) is 0 Å². The molecule has 0 fully saturated rings. The van der Waals surface area contributed by atoms with Crippen molar-refractivity contribution in [1.29, 1.82) is 0 Å². The van der Waals surface area contributed by atoms with Crippen molar-refractivity contribution in [3.63, 3.8) is 0 Å². The van der Waals surface area contributed by atoms with E-state index in [4.69, 9.17) is 33.9 Å². The lowest BCUT2D eigenvalue weighted by Crippen LogP contribution is -2.31. The molecule has 0 atom stereocenters. The molecule has 1 heterocycles. The largest absolute Gasteiger partial charge is 0.481 e. The molecular formula is C44H62N4O13S. The van der Waals surface area contributed by atoms with Crippen LogP contribution in [0.25, 0.3) is 0 Å². The Hall–Kier alpha value is -5.01. The average Bonchev–Trinajstić information content (AvgIpc) is 3.25. The van der Waals surface area contributed by atoms with Gasteiger partial charge in [-0.05, 0) is 61.2 Å². The van der Waals surface area contributed by atoms with Crippen molar-refractivity contribution in [3.8, 4) is 11.5 Å². The Bertz CT molecular complexity index is 1850. The van der Waals surface area contributed by atoms with Crippen LogP contribution in [0, 0.1) is 0 Å². The minimum Gasteiger partial charge on any atom is -0.481 e. The summed E-state index contributed by atoms with van der Waals surface area (Å²) in [6.45, 7) is 1.04. The van der Waals surface area contributed by atoms with Crippen LogP contribution in [0.3, 0.4) is 0 Å². The Morgan fingerprint density at radius 2 is 1.06 bits per heavy atom. The molecular weight excluding hydrogens is 825 g/mol. The molecule has 0 aliphatic heterocycles. The number of aliphatic carboxylic acids is 2. The number of rotatable bonds is 36. The van der Waals surface area contributed by atoms with Crippen LogP contribution in [-0.2, 0) is 55.3 Å². The van der Waals surface area contributed by atoms with E-state index in [1.807, 2.05) is 12.1 Å². The summed E-state index contributed by atoms with van der Waals surface area (Å²) >= 11 is 0. The molecule has 342 valence electrons. The molecule has 0 spiro atoms. The summed E-state index contributed by atoms with van der Waals surface area (Å²) in [4.78, 5) is 53.4. The van der Waals surface area contributed by atoms with Crippen molar-refractivity contribution in [2.75, 3.05) is 65.9 Å². The third-order valence-electron chi connectivity index (χ3n) is 9.29. The van der Waals surface area contributed by atoms with Gasteiger partial charge in [0, 0.05) is 31.9 Å². The van der Waals surface area contributed by atoms with Gasteiger partial charge in [-0.15, -0.1) is 0 Å². The molecule has 0 aliphatic carbocycles. The molecule has 0 bridgehead atoms. The minimum absolute atomic E-state index is 0.0436. The number of carboxylic acid groups (broad SMARTS) is 2. The Morgan fingerprint density at radius 3 is 1.63 bits per heavy atom. The number of sulfone groups is 1. The number of carboxylic acids is 2. The lowest BCUT2D eigenvalue weighted by molar-refractivity contribution is -0.143. The van der Waals surface area contributed by atoms with Gasteiger partial charge in [-0.3, -0.25) is 14.4 Å². The minimum atomic E-state index is -3.78. The lowest BCUT2D eigenvalue weighted by atomic mass is 10.0. The molecule has 3 rings (SSSR count). The fraction of sp³-hybridized carbons (Fsp3) is 0.545. The van der Waals surface area contributed by atoms with Crippen molar-refractivity contribution in [3.05, 3.63) is 77.9 Å². The molecule has 17 nitrogen and oxygen atoms in total. The van der Waals surface area contributed by atoms with Crippen LogP contribution in [0.5, 0.6) is 11.5 Å². The molecule has 0 aliphatic rings. The number of nitrogens with zero attached hydrogens (tertiary/aromatic N) is 2. The van der Waals surface area contributed by atoms with Crippen molar-refractivity contribution in [1.82, 2.24) is 20.6 Å². The zero-order valence-corrected chi connectivity index (χ0v) is 36.2. The van der Waals surface area contributed by atoms with Gasteiger partial charge in [-0.25, -0.2) is 23.2 Å². The average molecular weight is 887 g/mol.